The molecule has 0 aromatic heterocycles. The zero-order valence-corrected chi connectivity index (χ0v) is 24.7. The van der Waals surface area contributed by atoms with Crippen LogP contribution in [0.3, 0.4) is 0 Å². The Morgan fingerprint density at radius 1 is 1.00 bits per heavy atom. The molecule has 1 saturated carbocycles. The van der Waals surface area contributed by atoms with Crippen molar-refractivity contribution in [2.45, 2.75) is 63.3 Å². The number of hydrogen-bond donors (Lipinski definition) is 2. The molecule has 0 unspecified atom stereocenters. The highest BCUT2D eigenvalue weighted by Crippen LogP contribution is 2.55. The van der Waals surface area contributed by atoms with Crippen LogP contribution in [0.2, 0.25) is 10.0 Å². The molecule has 3 amide bonds. The Morgan fingerprint density at radius 3 is 2.39 bits per heavy atom. The largest absolute Gasteiger partial charge is 0.359 e. The zero-order chi connectivity index (χ0) is 28.9. The van der Waals surface area contributed by atoms with Crippen LogP contribution in [-0.4, -0.2) is 53.0 Å². The van der Waals surface area contributed by atoms with E-state index in [9.17, 15) is 14.4 Å². The number of benzene rings is 2. The molecule has 9 heteroatoms. The summed E-state index contributed by atoms with van der Waals surface area (Å²) >= 11 is 12.1. The highest BCUT2D eigenvalue weighted by Gasteiger charge is 2.72. The maximum atomic E-state index is 14.2. The molecule has 2 aromatic carbocycles. The fourth-order valence-corrected chi connectivity index (χ4v) is 7.47. The Labute approximate surface area is 250 Å². The fourth-order valence-electron chi connectivity index (χ4n) is 7.21. The minimum absolute atomic E-state index is 0.0292. The van der Waals surface area contributed by atoms with E-state index in [1.54, 1.807) is 29.2 Å². The predicted molar refractivity (Wildman–Crippen MR) is 159 cm³/mol. The summed E-state index contributed by atoms with van der Waals surface area (Å²) in [5.41, 5.74) is 0.389. The number of anilines is 1. The van der Waals surface area contributed by atoms with Crippen LogP contribution in [0.15, 0.2) is 60.7 Å². The van der Waals surface area contributed by atoms with E-state index in [1.807, 2.05) is 36.4 Å². The molecular weight excluding hydrogens is 561 g/mol. The van der Waals surface area contributed by atoms with Crippen LogP contribution in [0.1, 0.15) is 38.7 Å². The summed E-state index contributed by atoms with van der Waals surface area (Å²) in [6, 6.07) is 13.5. The van der Waals surface area contributed by atoms with Crippen molar-refractivity contribution in [3.8, 4) is 0 Å². The van der Waals surface area contributed by atoms with Crippen LogP contribution >= 0.6 is 23.2 Å². The van der Waals surface area contributed by atoms with Crippen LogP contribution < -0.4 is 10.6 Å². The lowest BCUT2D eigenvalue weighted by Crippen LogP contribution is -2.58. The van der Waals surface area contributed by atoms with Crippen LogP contribution in [-0.2, 0) is 25.5 Å². The van der Waals surface area contributed by atoms with E-state index in [0.717, 1.165) is 24.8 Å². The van der Waals surface area contributed by atoms with Gasteiger partial charge in [-0.05, 0) is 66.6 Å². The van der Waals surface area contributed by atoms with Gasteiger partial charge < -0.3 is 20.3 Å². The second kappa shape index (κ2) is 11.1. The summed E-state index contributed by atoms with van der Waals surface area (Å²) in [7, 11) is 0. The van der Waals surface area contributed by atoms with Crippen molar-refractivity contribution >= 4 is 46.6 Å². The number of carbonyl (C=O) groups excluding carboxylic acids is 3. The molecule has 3 aliphatic heterocycles. The van der Waals surface area contributed by atoms with Crippen molar-refractivity contribution in [2.24, 2.45) is 23.7 Å². The summed E-state index contributed by atoms with van der Waals surface area (Å²) in [5, 5.41) is 7.43. The van der Waals surface area contributed by atoms with E-state index in [2.05, 4.69) is 24.5 Å². The second-order valence-corrected chi connectivity index (χ2v) is 12.9. The lowest BCUT2D eigenvalue weighted by molar-refractivity contribution is -0.141. The molecular formula is C32H35Cl2N3O4. The first-order valence-electron chi connectivity index (χ1n) is 14.5. The number of amides is 3. The Morgan fingerprint density at radius 2 is 1.68 bits per heavy atom. The number of fused-ring (bicyclic) bond motifs is 1. The molecule has 2 saturated heterocycles. The van der Waals surface area contributed by atoms with Gasteiger partial charge in [0, 0.05) is 28.3 Å². The topological polar surface area (TPSA) is 87.7 Å². The first-order chi connectivity index (χ1) is 19.7. The molecule has 8 atom stereocenters. The van der Waals surface area contributed by atoms with Gasteiger partial charge in [0.25, 0.3) is 0 Å². The van der Waals surface area contributed by atoms with Gasteiger partial charge in [-0.25, -0.2) is 0 Å². The van der Waals surface area contributed by atoms with E-state index in [-0.39, 0.29) is 23.8 Å². The highest BCUT2D eigenvalue weighted by atomic mass is 35.5. The molecule has 41 heavy (non-hydrogen) atoms. The van der Waals surface area contributed by atoms with Crippen LogP contribution in [0.25, 0.3) is 0 Å². The molecule has 6 rings (SSSR count). The average molecular weight is 597 g/mol. The minimum atomic E-state index is -1.20. The molecule has 3 fully saturated rings. The molecule has 0 radical (unpaired) electrons. The first-order valence-corrected chi connectivity index (χ1v) is 15.2. The normalized spacial score (nSPS) is 33.6. The summed E-state index contributed by atoms with van der Waals surface area (Å²) < 4.78 is 6.48. The Hall–Kier alpha value is -2.87. The average Bonchev–Trinajstić information content (AvgIpc) is 3.59. The Kier molecular flexibility index (Phi) is 7.64. The lowest BCUT2D eigenvalue weighted by Gasteiger charge is -2.38. The van der Waals surface area contributed by atoms with Gasteiger partial charge in [0.15, 0.2) is 0 Å². The summed E-state index contributed by atoms with van der Waals surface area (Å²) in [6.45, 7) is 4.73. The third-order valence-electron chi connectivity index (χ3n) is 9.63. The molecule has 216 valence electrons. The van der Waals surface area contributed by atoms with Crippen LogP contribution in [0.5, 0.6) is 0 Å². The number of likely N-dealkylation sites (tertiary alicyclic amines) is 1. The van der Waals surface area contributed by atoms with Crippen LogP contribution in [0, 0.1) is 23.7 Å². The van der Waals surface area contributed by atoms with E-state index < -0.39 is 29.6 Å². The Balaban J connectivity index is 1.29. The van der Waals surface area contributed by atoms with Crippen molar-refractivity contribution in [3.05, 3.63) is 76.3 Å². The first kappa shape index (κ1) is 28.3. The monoisotopic (exact) mass is 595 g/mol. The third-order valence-corrected chi connectivity index (χ3v) is 10.1. The maximum Gasteiger partial charge on any atom is 0.246 e. The molecule has 2 bridgehead atoms. The van der Waals surface area contributed by atoms with E-state index >= 15 is 0 Å². The molecule has 4 aliphatic rings. The van der Waals surface area contributed by atoms with Crippen molar-refractivity contribution in [1.82, 2.24) is 10.2 Å². The smallest absolute Gasteiger partial charge is 0.246 e. The van der Waals surface area contributed by atoms with Gasteiger partial charge >= 0.3 is 0 Å². The number of hydrogen-bond acceptors (Lipinski definition) is 4. The molecule has 1 aliphatic carbocycles. The van der Waals surface area contributed by atoms with Gasteiger partial charge in [0.05, 0.1) is 17.9 Å². The zero-order valence-electron chi connectivity index (χ0n) is 23.2. The van der Waals surface area contributed by atoms with Crippen molar-refractivity contribution < 1.29 is 19.1 Å². The van der Waals surface area contributed by atoms with Crippen molar-refractivity contribution in [3.63, 3.8) is 0 Å². The molecule has 7 nitrogen and oxygen atoms in total. The second-order valence-electron chi connectivity index (χ2n) is 12.0. The van der Waals surface area contributed by atoms with Crippen molar-refractivity contribution in [1.29, 1.82) is 0 Å². The van der Waals surface area contributed by atoms with Gasteiger partial charge in [-0.15, -0.1) is 0 Å². The van der Waals surface area contributed by atoms with Gasteiger partial charge in [-0.1, -0.05) is 74.2 Å². The van der Waals surface area contributed by atoms with E-state index in [0.29, 0.717) is 40.5 Å². The maximum absolute atomic E-state index is 14.2. The molecule has 2 N–H and O–H groups in total. The number of nitrogens with zero attached hydrogens (tertiary/aromatic N) is 1. The van der Waals surface area contributed by atoms with Gasteiger partial charge in [-0.2, -0.15) is 0 Å². The van der Waals surface area contributed by atoms with Gasteiger partial charge in [0.1, 0.15) is 11.6 Å². The summed E-state index contributed by atoms with van der Waals surface area (Å²) in [5.74, 6) is -1.48. The number of nitrogens with one attached hydrogen (secondary N) is 2. The standard InChI is InChI=1S/C32H35Cl2N3O4/c1-18-4-3-5-24(19(18)2)36-30(39)28-32-16-14-25(41-32)26(29(38)35-23-12-10-22(34)11-13-23)27(32)31(40)37(28)17-15-20-6-8-21(33)9-7-20/h6-14,16,18-19,24-28H,3-5,15,17H2,1-2H3,(H,35,38)(H,36,39)/t18-,19+,24+,25+,26+,27+,28+,32+/m1/s1. The van der Waals surface area contributed by atoms with Gasteiger partial charge in [-0.3, -0.25) is 14.4 Å². The predicted octanol–water partition coefficient (Wildman–Crippen LogP) is 5.27. The lowest BCUT2D eigenvalue weighted by atomic mass is 9.73. The van der Waals surface area contributed by atoms with E-state index in [1.165, 1.54) is 0 Å². The highest BCUT2D eigenvalue weighted by molar-refractivity contribution is 6.30. The molecule has 1 spiro atoms. The number of carbonyl (C=O) groups is 3. The number of halogens is 2. The third kappa shape index (κ3) is 5.06. The summed E-state index contributed by atoms with van der Waals surface area (Å²) in [4.78, 5) is 43.6. The van der Waals surface area contributed by atoms with E-state index in [4.69, 9.17) is 27.9 Å². The Bertz CT molecular complexity index is 1360. The summed E-state index contributed by atoms with van der Waals surface area (Å²) in [6.07, 6.45) is 6.76. The van der Waals surface area contributed by atoms with Crippen molar-refractivity contribution in [2.75, 3.05) is 11.9 Å². The number of rotatable bonds is 7. The van der Waals surface area contributed by atoms with Gasteiger partial charge in [0.2, 0.25) is 17.7 Å². The minimum Gasteiger partial charge on any atom is -0.359 e. The quantitative estimate of drug-likeness (QED) is 0.427. The van der Waals surface area contributed by atoms with Crippen LogP contribution in [0.4, 0.5) is 5.69 Å². The number of ether oxygens (including phenoxy) is 1. The fraction of sp³-hybridized carbons (Fsp3) is 0.469. The SMILES string of the molecule is C[C@H]1[C@H](C)CCC[C@@H]1NC(=O)[C@@H]1N(CCc2ccc(Cl)cc2)C(=O)[C@@H]2[C@@H](C(=O)Nc3ccc(Cl)cc3)[C@@H]3C=C[C@]21O3. The molecule has 3 heterocycles. The molecule has 2 aromatic rings.